The minimum atomic E-state index is -1.12. The van der Waals surface area contributed by atoms with E-state index in [-0.39, 0.29) is 31.5 Å². The second kappa shape index (κ2) is 7.30. The second-order valence-corrected chi connectivity index (χ2v) is 6.65. The van der Waals surface area contributed by atoms with Crippen molar-refractivity contribution in [1.82, 2.24) is 24.5 Å². The van der Waals surface area contributed by atoms with Gasteiger partial charge < -0.3 is 9.71 Å². The van der Waals surface area contributed by atoms with Crippen LogP contribution in [0.5, 0.6) is 0 Å². The van der Waals surface area contributed by atoms with E-state index in [1.165, 1.54) is 11.2 Å². The van der Waals surface area contributed by atoms with Gasteiger partial charge in [-0.15, -0.1) is 0 Å². The van der Waals surface area contributed by atoms with Gasteiger partial charge in [0, 0.05) is 13.0 Å². The van der Waals surface area contributed by atoms with Crippen molar-refractivity contribution in [1.29, 1.82) is 5.26 Å². The van der Waals surface area contributed by atoms with E-state index in [1.807, 2.05) is 10.8 Å². The molecule has 2 fully saturated rings. The number of carbonyl (C=O) groups excluding carboxylic acids is 1. The summed E-state index contributed by atoms with van der Waals surface area (Å²) in [4.78, 5) is 19.1. The Morgan fingerprint density at radius 1 is 1.46 bits per heavy atom. The highest BCUT2D eigenvalue weighted by Crippen LogP contribution is 2.30. The van der Waals surface area contributed by atoms with E-state index >= 15 is 0 Å². The molecule has 0 N–H and O–H groups in total. The van der Waals surface area contributed by atoms with Gasteiger partial charge in [0.15, 0.2) is 7.98 Å². The van der Waals surface area contributed by atoms with Gasteiger partial charge in [-0.25, -0.2) is 9.37 Å². The number of hydrogen-bond donors (Lipinski definition) is 0. The number of rotatable bonds is 5. The zero-order chi connectivity index (χ0) is 17.1. The Hall–Kier alpha value is -1.95. The van der Waals surface area contributed by atoms with Gasteiger partial charge in [0.2, 0.25) is 5.91 Å². The molecule has 1 saturated heterocycles. The van der Waals surface area contributed by atoms with Crippen molar-refractivity contribution in [2.75, 3.05) is 13.1 Å². The summed E-state index contributed by atoms with van der Waals surface area (Å²) in [5, 5.41) is 13.1. The van der Waals surface area contributed by atoms with Gasteiger partial charge in [0.05, 0.1) is 19.2 Å². The van der Waals surface area contributed by atoms with Gasteiger partial charge in [-0.3, -0.25) is 9.48 Å². The number of alkyl halides is 1. The first-order valence-electron chi connectivity index (χ1n) is 8.23. The van der Waals surface area contributed by atoms with Gasteiger partial charge in [-0.2, -0.15) is 10.4 Å². The molecule has 2 radical (unpaired) electrons. The van der Waals surface area contributed by atoms with Crippen LogP contribution in [0.25, 0.3) is 0 Å². The summed E-state index contributed by atoms with van der Waals surface area (Å²) in [5.41, 5.74) is 0. The Bertz CT molecular complexity index is 606. The van der Waals surface area contributed by atoms with Crippen LogP contribution in [0.3, 0.4) is 0 Å². The molecule has 1 aliphatic heterocycles. The predicted molar refractivity (Wildman–Crippen MR) is 84.2 cm³/mol. The number of nitriles is 1. The van der Waals surface area contributed by atoms with Crippen molar-refractivity contribution in [2.45, 2.75) is 50.5 Å². The van der Waals surface area contributed by atoms with Crippen LogP contribution in [0.15, 0.2) is 12.7 Å². The zero-order valence-corrected chi connectivity index (χ0v) is 13.5. The summed E-state index contributed by atoms with van der Waals surface area (Å²) < 4.78 is 15.2. The van der Waals surface area contributed by atoms with Gasteiger partial charge >= 0.3 is 0 Å². The standard InChI is InChI=1S/C15H20BFN6O/c16-23(8-15(24)22-7-12(17)4-14(22)5-18)13-2-1-11(3-13)6-21-10-19-9-20-21/h9-14H,1-4,6-8H2/t11-,12-,13+,14-/m0/s1. The number of likely N-dealkylation sites (tertiary alicyclic amines) is 1. The van der Waals surface area contributed by atoms with Crippen LogP contribution in [0.2, 0.25) is 0 Å². The van der Waals surface area contributed by atoms with E-state index in [1.54, 1.807) is 11.1 Å². The number of hydrogen-bond acceptors (Lipinski definition) is 5. The highest BCUT2D eigenvalue weighted by Gasteiger charge is 2.36. The molecule has 1 amide bonds. The van der Waals surface area contributed by atoms with Gasteiger partial charge in [0.1, 0.15) is 24.9 Å². The number of amides is 1. The molecule has 1 saturated carbocycles. The average Bonchev–Trinajstić information content (AvgIpc) is 3.28. The van der Waals surface area contributed by atoms with Crippen molar-refractivity contribution >= 4 is 13.9 Å². The number of nitrogens with zero attached hydrogens (tertiary/aromatic N) is 6. The molecule has 3 rings (SSSR count). The Morgan fingerprint density at radius 2 is 2.29 bits per heavy atom. The van der Waals surface area contributed by atoms with Crippen molar-refractivity contribution in [3.8, 4) is 6.07 Å². The highest BCUT2D eigenvalue weighted by atomic mass is 19.1. The number of halogens is 1. The zero-order valence-electron chi connectivity index (χ0n) is 13.5. The van der Waals surface area contributed by atoms with E-state index in [9.17, 15) is 9.18 Å². The molecule has 1 aromatic rings. The van der Waals surface area contributed by atoms with Crippen LogP contribution < -0.4 is 0 Å². The molecule has 0 spiro atoms. The largest absolute Gasteiger partial charge is 0.343 e. The summed E-state index contributed by atoms with van der Waals surface area (Å²) in [6.45, 7) is 0.806. The smallest absolute Gasteiger partial charge is 0.236 e. The quantitative estimate of drug-likeness (QED) is 0.726. The second-order valence-electron chi connectivity index (χ2n) is 6.65. The van der Waals surface area contributed by atoms with Gasteiger partial charge in [-0.05, 0) is 31.2 Å². The van der Waals surface area contributed by atoms with Crippen molar-refractivity contribution in [3.05, 3.63) is 12.7 Å². The lowest BCUT2D eigenvalue weighted by molar-refractivity contribution is -0.131. The average molecular weight is 330 g/mol. The summed E-state index contributed by atoms with van der Waals surface area (Å²) in [7, 11) is 6.08. The molecule has 7 nitrogen and oxygen atoms in total. The molecular weight excluding hydrogens is 310 g/mol. The summed E-state index contributed by atoms with van der Waals surface area (Å²) in [6, 6.07) is 1.43. The van der Waals surface area contributed by atoms with Crippen molar-refractivity contribution in [2.24, 2.45) is 5.92 Å². The van der Waals surface area contributed by atoms with Crippen molar-refractivity contribution in [3.63, 3.8) is 0 Å². The maximum absolute atomic E-state index is 13.4. The molecule has 0 unspecified atom stereocenters. The van der Waals surface area contributed by atoms with Crippen LogP contribution in [0.4, 0.5) is 4.39 Å². The monoisotopic (exact) mass is 330 g/mol. The van der Waals surface area contributed by atoms with Crippen molar-refractivity contribution < 1.29 is 9.18 Å². The molecule has 2 aliphatic rings. The molecule has 126 valence electrons. The molecule has 24 heavy (non-hydrogen) atoms. The maximum atomic E-state index is 13.4. The van der Waals surface area contributed by atoms with E-state index < -0.39 is 12.2 Å². The van der Waals surface area contributed by atoms with Crippen LogP contribution in [0, 0.1) is 17.2 Å². The van der Waals surface area contributed by atoms with Gasteiger partial charge in [-0.1, -0.05) is 0 Å². The summed E-state index contributed by atoms with van der Waals surface area (Å²) in [5.74, 6) is 0.177. The van der Waals surface area contributed by atoms with Crippen LogP contribution in [-0.2, 0) is 11.3 Å². The molecule has 0 aromatic carbocycles. The van der Waals surface area contributed by atoms with Crippen LogP contribution in [0.1, 0.15) is 25.7 Å². The number of carbonyl (C=O) groups is 1. The van der Waals surface area contributed by atoms with Gasteiger partial charge in [0.25, 0.3) is 0 Å². The Balaban J connectivity index is 1.49. The lowest BCUT2D eigenvalue weighted by Crippen LogP contribution is -2.44. The third-order valence-electron chi connectivity index (χ3n) is 4.93. The fraction of sp³-hybridized carbons (Fsp3) is 0.733. The van der Waals surface area contributed by atoms with E-state index in [0.717, 1.165) is 25.8 Å². The lowest BCUT2D eigenvalue weighted by atomic mass is 10.1. The Kier molecular flexibility index (Phi) is 5.14. The van der Waals surface area contributed by atoms with Crippen LogP contribution in [-0.4, -0.2) is 69.7 Å². The third kappa shape index (κ3) is 3.75. The van der Waals surface area contributed by atoms with E-state index in [4.69, 9.17) is 13.2 Å². The van der Waals surface area contributed by atoms with E-state index in [0.29, 0.717) is 5.92 Å². The third-order valence-corrected chi connectivity index (χ3v) is 4.93. The Morgan fingerprint density at radius 3 is 3.00 bits per heavy atom. The predicted octanol–water partition coefficient (Wildman–Crippen LogP) is 0.295. The fourth-order valence-corrected chi connectivity index (χ4v) is 3.67. The highest BCUT2D eigenvalue weighted by molar-refractivity contribution is 6.06. The first-order valence-corrected chi connectivity index (χ1v) is 8.23. The fourth-order valence-electron chi connectivity index (χ4n) is 3.67. The van der Waals surface area contributed by atoms with Crippen LogP contribution >= 0.6 is 0 Å². The Labute approximate surface area is 141 Å². The normalized spacial score (nSPS) is 30.0. The molecule has 2 heterocycles. The first-order chi connectivity index (χ1) is 11.6. The molecule has 9 heteroatoms. The minimum Gasteiger partial charge on any atom is -0.343 e. The summed E-state index contributed by atoms with van der Waals surface area (Å²) >= 11 is 0. The summed E-state index contributed by atoms with van der Waals surface area (Å²) in [6.07, 6.45) is 5.00. The molecule has 0 bridgehead atoms. The molecule has 1 aliphatic carbocycles. The molecular formula is C15H20BFN6O. The lowest BCUT2D eigenvalue weighted by Gasteiger charge is -2.28. The maximum Gasteiger partial charge on any atom is 0.236 e. The first kappa shape index (κ1) is 16.9. The molecule has 4 atom stereocenters. The van der Waals surface area contributed by atoms with E-state index in [2.05, 4.69) is 10.1 Å². The topological polar surface area (TPSA) is 78.0 Å². The minimum absolute atomic E-state index is 0.00943. The SMILES string of the molecule is [B]N(CC(=O)N1C[C@@H](F)C[C@H]1C#N)[C@@H]1CC[C@H](Cn2cncn2)C1. The number of aromatic nitrogens is 3. The molecule has 1 aromatic heterocycles.